The highest BCUT2D eigenvalue weighted by Crippen LogP contribution is 2.10. The zero-order valence-corrected chi connectivity index (χ0v) is 15.1. The van der Waals surface area contributed by atoms with Crippen LogP contribution in [-0.2, 0) is 11.3 Å². The number of nitriles is 1. The Hall–Kier alpha value is -3.41. The fraction of sp³-hybridized carbons (Fsp3) is 0.389. The maximum Gasteiger partial charge on any atom is 0.289 e. The highest BCUT2D eigenvalue weighted by molar-refractivity contribution is 5.91. The summed E-state index contributed by atoms with van der Waals surface area (Å²) in [6, 6.07) is 5.13. The smallest absolute Gasteiger partial charge is 0.289 e. The molecule has 2 aromatic heterocycles. The van der Waals surface area contributed by atoms with Crippen molar-refractivity contribution < 1.29 is 14.0 Å². The molecule has 0 unspecified atom stereocenters. The third kappa shape index (κ3) is 3.60. The monoisotopic (exact) mass is 369 g/mol. The van der Waals surface area contributed by atoms with Crippen LogP contribution in [0, 0.1) is 25.2 Å². The highest BCUT2D eigenvalue weighted by Gasteiger charge is 2.26. The lowest BCUT2D eigenvalue weighted by Crippen LogP contribution is -2.51. The SMILES string of the molecule is Cc1nn(CC(=O)N2CCN(C(=O)c3ccco3)CC2)c(=O)c(C#N)c1C. The van der Waals surface area contributed by atoms with E-state index < -0.39 is 5.56 Å². The molecule has 2 aromatic rings. The summed E-state index contributed by atoms with van der Waals surface area (Å²) in [5.74, 6) is -0.218. The Morgan fingerprint density at radius 2 is 1.89 bits per heavy atom. The quantitative estimate of drug-likeness (QED) is 0.769. The molecule has 1 aliphatic heterocycles. The molecule has 0 aromatic carbocycles. The van der Waals surface area contributed by atoms with Gasteiger partial charge in [0.25, 0.3) is 11.5 Å². The molecule has 0 N–H and O–H groups in total. The van der Waals surface area contributed by atoms with Crippen molar-refractivity contribution in [2.45, 2.75) is 20.4 Å². The fourth-order valence-corrected chi connectivity index (χ4v) is 2.95. The average Bonchev–Trinajstić information content (AvgIpc) is 3.21. The van der Waals surface area contributed by atoms with E-state index in [0.29, 0.717) is 37.4 Å². The van der Waals surface area contributed by atoms with E-state index in [2.05, 4.69) is 5.10 Å². The number of carbonyl (C=O) groups excluding carboxylic acids is 2. The van der Waals surface area contributed by atoms with E-state index >= 15 is 0 Å². The third-order valence-corrected chi connectivity index (χ3v) is 4.69. The summed E-state index contributed by atoms with van der Waals surface area (Å²) in [6.07, 6.45) is 1.44. The zero-order valence-electron chi connectivity index (χ0n) is 15.1. The Bertz CT molecular complexity index is 963. The van der Waals surface area contributed by atoms with Gasteiger partial charge in [-0.15, -0.1) is 0 Å². The lowest BCUT2D eigenvalue weighted by Gasteiger charge is -2.34. The molecule has 2 amide bonds. The van der Waals surface area contributed by atoms with Gasteiger partial charge in [0.1, 0.15) is 18.2 Å². The summed E-state index contributed by atoms with van der Waals surface area (Å²) in [6.45, 7) is 4.58. The van der Waals surface area contributed by atoms with Crippen LogP contribution in [-0.4, -0.2) is 57.6 Å². The molecule has 0 bridgehead atoms. The first-order valence-electron chi connectivity index (χ1n) is 8.51. The molecule has 1 aliphatic rings. The van der Waals surface area contributed by atoms with Crippen LogP contribution >= 0.6 is 0 Å². The predicted octanol–water partition coefficient (Wildman–Crippen LogP) is 0.309. The van der Waals surface area contributed by atoms with Gasteiger partial charge in [-0.2, -0.15) is 10.4 Å². The Balaban J connectivity index is 1.66. The molecule has 9 heteroatoms. The molecule has 0 saturated carbocycles. The van der Waals surface area contributed by atoms with Crippen LogP contribution < -0.4 is 5.56 Å². The van der Waals surface area contributed by atoms with Crippen molar-refractivity contribution in [2.24, 2.45) is 0 Å². The van der Waals surface area contributed by atoms with Crippen LogP contribution in [0.1, 0.15) is 27.4 Å². The maximum atomic E-state index is 12.5. The van der Waals surface area contributed by atoms with Gasteiger partial charge in [-0.3, -0.25) is 14.4 Å². The first-order chi connectivity index (χ1) is 12.9. The number of aromatic nitrogens is 2. The van der Waals surface area contributed by atoms with Crippen LogP contribution in [0.3, 0.4) is 0 Å². The van der Waals surface area contributed by atoms with Crippen LogP contribution in [0.2, 0.25) is 0 Å². The summed E-state index contributed by atoms with van der Waals surface area (Å²) in [5, 5.41) is 13.3. The molecule has 0 spiro atoms. The minimum absolute atomic E-state index is 0.00386. The minimum atomic E-state index is -0.569. The molecule has 1 saturated heterocycles. The number of aryl methyl sites for hydroxylation is 1. The Labute approximate surface area is 155 Å². The highest BCUT2D eigenvalue weighted by atomic mass is 16.3. The second kappa shape index (κ2) is 7.45. The van der Waals surface area contributed by atoms with E-state index in [1.54, 1.807) is 35.8 Å². The summed E-state index contributed by atoms with van der Waals surface area (Å²) >= 11 is 0. The van der Waals surface area contributed by atoms with Gasteiger partial charge < -0.3 is 14.2 Å². The zero-order chi connectivity index (χ0) is 19.6. The van der Waals surface area contributed by atoms with E-state index in [0.717, 1.165) is 4.68 Å². The maximum absolute atomic E-state index is 12.5. The van der Waals surface area contributed by atoms with Crippen molar-refractivity contribution in [1.82, 2.24) is 19.6 Å². The Morgan fingerprint density at radius 1 is 1.22 bits per heavy atom. The van der Waals surface area contributed by atoms with E-state index in [1.807, 2.05) is 6.07 Å². The van der Waals surface area contributed by atoms with Crippen LogP contribution in [0.15, 0.2) is 27.6 Å². The summed E-state index contributed by atoms with van der Waals surface area (Å²) < 4.78 is 6.14. The van der Waals surface area contributed by atoms with Crippen LogP contribution in [0.5, 0.6) is 0 Å². The van der Waals surface area contributed by atoms with Gasteiger partial charge in [0.05, 0.1) is 12.0 Å². The van der Waals surface area contributed by atoms with Gasteiger partial charge in [-0.25, -0.2) is 4.68 Å². The lowest BCUT2D eigenvalue weighted by molar-refractivity contribution is -0.133. The minimum Gasteiger partial charge on any atom is -0.459 e. The van der Waals surface area contributed by atoms with Crippen molar-refractivity contribution in [2.75, 3.05) is 26.2 Å². The second-order valence-electron chi connectivity index (χ2n) is 6.31. The first-order valence-corrected chi connectivity index (χ1v) is 8.51. The number of hydrogen-bond donors (Lipinski definition) is 0. The summed E-state index contributed by atoms with van der Waals surface area (Å²) in [5.41, 5.74) is 0.494. The predicted molar refractivity (Wildman–Crippen MR) is 93.9 cm³/mol. The fourth-order valence-electron chi connectivity index (χ4n) is 2.95. The lowest BCUT2D eigenvalue weighted by atomic mass is 10.1. The number of furan rings is 1. The van der Waals surface area contributed by atoms with E-state index in [9.17, 15) is 14.4 Å². The summed E-state index contributed by atoms with van der Waals surface area (Å²) in [4.78, 5) is 40.3. The number of carbonyl (C=O) groups is 2. The van der Waals surface area contributed by atoms with Crippen molar-refractivity contribution in [1.29, 1.82) is 5.26 Å². The van der Waals surface area contributed by atoms with Gasteiger partial charge in [-0.1, -0.05) is 0 Å². The van der Waals surface area contributed by atoms with Crippen molar-refractivity contribution in [3.8, 4) is 6.07 Å². The molecular weight excluding hydrogens is 350 g/mol. The van der Waals surface area contributed by atoms with Crippen LogP contribution in [0.4, 0.5) is 0 Å². The van der Waals surface area contributed by atoms with Crippen molar-refractivity contribution >= 4 is 11.8 Å². The summed E-state index contributed by atoms with van der Waals surface area (Å²) in [7, 11) is 0. The number of piperazine rings is 1. The molecule has 3 heterocycles. The van der Waals surface area contributed by atoms with Crippen molar-refractivity contribution in [3.05, 3.63) is 51.3 Å². The van der Waals surface area contributed by atoms with E-state index in [4.69, 9.17) is 9.68 Å². The Kier molecular flexibility index (Phi) is 5.07. The van der Waals surface area contributed by atoms with E-state index in [1.165, 1.54) is 6.26 Å². The molecule has 27 heavy (non-hydrogen) atoms. The average molecular weight is 369 g/mol. The van der Waals surface area contributed by atoms with Crippen molar-refractivity contribution in [3.63, 3.8) is 0 Å². The number of amides is 2. The molecular formula is C18H19N5O4. The first kappa shape index (κ1) is 18.4. The van der Waals surface area contributed by atoms with E-state index in [-0.39, 0.29) is 29.7 Å². The van der Waals surface area contributed by atoms with Gasteiger partial charge in [-0.05, 0) is 31.5 Å². The molecule has 3 rings (SSSR count). The normalized spacial score (nSPS) is 14.1. The van der Waals surface area contributed by atoms with Crippen LogP contribution in [0.25, 0.3) is 0 Å². The molecule has 0 radical (unpaired) electrons. The van der Waals surface area contributed by atoms with Gasteiger partial charge in [0.15, 0.2) is 5.76 Å². The molecule has 1 fully saturated rings. The molecule has 9 nitrogen and oxygen atoms in total. The van der Waals surface area contributed by atoms with Gasteiger partial charge in [0, 0.05) is 26.2 Å². The number of rotatable bonds is 3. The van der Waals surface area contributed by atoms with Gasteiger partial charge in [0.2, 0.25) is 5.91 Å². The Morgan fingerprint density at radius 3 is 2.48 bits per heavy atom. The topological polar surface area (TPSA) is 112 Å². The molecule has 0 atom stereocenters. The molecule has 0 aliphatic carbocycles. The third-order valence-electron chi connectivity index (χ3n) is 4.69. The molecule has 140 valence electrons. The largest absolute Gasteiger partial charge is 0.459 e. The van der Waals surface area contributed by atoms with Gasteiger partial charge >= 0.3 is 0 Å². The number of nitrogens with zero attached hydrogens (tertiary/aromatic N) is 5. The number of hydrogen-bond acceptors (Lipinski definition) is 6. The standard InChI is InChI=1S/C18H19N5O4/c1-12-13(2)20-23(17(25)14(12)10-19)11-16(24)21-5-7-22(8-6-21)18(26)15-4-3-9-27-15/h3-4,9H,5-8,11H2,1-2H3. The second-order valence-corrected chi connectivity index (χ2v) is 6.31.